The van der Waals surface area contributed by atoms with Crippen LogP contribution in [0.25, 0.3) is 11.4 Å². The number of benzene rings is 2. The number of carbonyl (C=O) groups excluding carboxylic acids is 1. The highest BCUT2D eigenvalue weighted by molar-refractivity contribution is 6.30. The van der Waals surface area contributed by atoms with Crippen molar-refractivity contribution < 1.29 is 14.3 Å². The summed E-state index contributed by atoms with van der Waals surface area (Å²) in [4.78, 5) is 15.4. The standard InChI is InChI=1S/C20H22ClN5O3/c1-25(10-9-14-7-8-17(28-2)18(11-14)29-3)19(27)13-26-23-20(22-24-26)15-5-4-6-16(21)12-15/h4-8,11-12H,9-10,13H2,1-3H3. The molecule has 2 aromatic carbocycles. The van der Waals surface area contributed by atoms with Gasteiger partial charge in [-0.25, -0.2) is 0 Å². The topological polar surface area (TPSA) is 82.4 Å². The molecule has 0 aliphatic carbocycles. The number of carbonyl (C=O) groups is 1. The van der Waals surface area contributed by atoms with E-state index in [0.717, 1.165) is 11.1 Å². The maximum Gasteiger partial charge on any atom is 0.245 e. The first-order valence-corrected chi connectivity index (χ1v) is 9.36. The van der Waals surface area contributed by atoms with Crippen LogP contribution < -0.4 is 9.47 Å². The molecular formula is C20H22ClN5O3. The maximum absolute atomic E-state index is 12.5. The van der Waals surface area contributed by atoms with Crippen LogP contribution in [0, 0.1) is 0 Å². The summed E-state index contributed by atoms with van der Waals surface area (Å²) >= 11 is 5.99. The van der Waals surface area contributed by atoms with Crippen LogP contribution in [-0.2, 0) is 17.8 Å². The van der Waals surface area contributed by atoms with E-state index in [9.17, 15) is 4.79 Å². The number of ether oxygens (including phenoxy) is 2. The van der Waals surface area contributed by atoms with Crippen LogP contribution in [0.1, 0.15) is 5.56 Å². The second-order valence-electron chi connectivity index (χ2n) is 6.41. The highest BCUT2D eigenvalue weighted by Gasteiger charge is 2.14. The summed E-state index contributed by atoms with van der Waals surface area (Å²) in [6.07, 6.45) is 0.682. The van der Waals surface area contributed by atoms with Gasteiger partial charge in [-0.05, 0) is 41.5 Å². The van der Waals surface area contributed by atoms with E-state index in [2.05, 4.69) is 15.4 Å². The highest BCUT2D eigenvalue weighted by atomic mass is 35.5. The van der Waals surface area contributed by atoms with E-state index >= 15 is 0 Å². The molecule has 1 aromatic heterocycles. The van der Waals surface area contributed by atoms with Crippen molar-refractivity contribution in [3.8, 4) is 22.9 Å². The second-order valence-corrected chi connectivity index (χ2v) is 6.84. The number of rotatable bonds is 8. The number of hydrogen-bond acceptors (Lipinski definition) is 6. The largest absolute Gasteiger partial charge is 0.493 e. The van der Waals surface area contributed by atoms with Crippen LogP contribution in [-0.4, -0.2) is 58.8 Å². The van der Waals surface area contributed by atoms with Gasteiger partial charge in [0.05, 0.1) is 14.2 Å². The van der Waals surface area contributed by atoms with Gasteiger partial charge in [0.15, 0.2) is 11.5 Å². The molecule has 0 aliphatic heterocycles. The first kappa shape index (κ1) is 20.6. The molecule has 8 nitrogen and oxygen atoms in total. The molecule has 0 N–H and O–H groups in total. The molecule has 0 aliphatic rings. The van der Waals surface area contributed by atoms with Gasteiger partial charge in [0, 0.05) is 24.2 Å². The van der Waals surface area contributed by atoms with E-state index in [-0.39, 0.29) is 12.5 Å². The minimum absolute atomic E-state index is 0.00992. The van der Waals surface area contributed by atoms with Gasteiger partial charge >= 0.3 is 0 Å². The van der Waals surface area contributed by atoms with E-state index in [0.29, 0.717) is 35.3 Å². The van der Waals surface area contributed by atoms with Crippen LogP contribution in [0.15, 0.2) is 42.5 Å². The molecule has 152 valence electrons. The molecule has 1 heterocycles. The van der Waals surface area contributed by atoms with Gasteiger partial charge < -0.3 is 14.4 Å². The molecule has 0 saturated heterocycles. The average Bonchev–Trinajstić information content (AvgIpc) is 3.20. The SMILES string of the molecule is COc1ccc(CCN(C)C(=O)Cn2nnc(-c3cccc(Cl)c3)n2)cc1OC. The van der Waals surface area contributed by atoms with Crippen molar-refractivity contribution in [1.29, 1.82) is 0 Å². The lowest BCUT2D eigenvalue weighted by Gasteiger charge is -2.17. The van der Waals surface area contributed by atoms with Gasteiger partial charge in [-0.3, -0.25) is 4.79 Å². The van der Waals surface area contributed by atoms with E-state index < -0.39 is 0 Å². The summed E-state index contributed by atoms with van der Waals surface area (Å²) in [6.45, 7) is 0.556. The Labute approximate surface area is 174 Å². The minimum Gasteiger partial charge on any atom is -0.493 e. The molecule has 1 amide bonds. The first-order chi connectivity index (χ1) is 14.0. The summed E-state index contributed by atoms with van der Waals surface area (Å²) < 4.78 is 10.6. The van der Waals surface area contributed by atoms with Crippen molar-refractivity contribution in [2.45, 2.75) is 13.0 Å². The summed E-state index contributed by atoms with van der Waals surface area (Å²) in [6, 6.07) is 12.9. The van der Waals surface area contributed by atoms with Crippen molar-refractivity contribution >= 4 is 17.5 Å². The Morgan fingerprint density at radius 1 is 1.14 bits per heavy atom. The van der Waals surface area contributed by atoms with Crippen molar-refractivity contribution in [3.63, 3.8) is 0 Å². The molecule has 3 rings (SSSR count). The third-order valence-corrected chi connectivity index (χ3v) is 4.66. The zero-order valence-corrected chi connectivity index (χ0v) is 17.3. The number of methoxy groups -OCH3 is 2. The summed E-state index contributed by atoms with van der Waals surface area (Å²) in [5.41, 5.74) is 1.79. The third kappa shape index (κ3) is 5.23. The fraction of sp³-hybridized carbons (Fsp3) is 0.300. The Bertz CT molecular complexity index is 992. The predicted molar refractivity (Wildman–Crippen MR) is 109 cm³/mol. The molecular weight excluding hydrogens is 394 g/mol. The van der Waals surface area contributed by atoms with E-state index in [1.165, 1.54) is 4.80 Å². The number of amides is 1. The molecule has 3 aromatic rings. The Morgan fingerprint density at radius 2 is 1.93 bits per heavy atom. The predicted octanol–water partition coefficient (Wildman–Crippen LogP) is 2.71. The Kier molecular flexibility index (Phi) is 6.66. The second kappa shape index (κ2) is 9.38. The van der Waals surface area contributed by atoms with Crippen LogP contribution in [0.5, 0.6) is 11.5 Å². The lowest BCUT2D eigenvalue weighted by Crippen LogP contribution is -2.32. The molecule has 0 atom stereocenters. The number of aromatic nitrogens is 4. The third-order valence-electron chi connectivity index (χ3n) is 4.42. The summed E-state index contributed by atoms with van der Waals surface area (Å²) in [5.74, 6) is 1.65. The number of hydrogen-bond donors (Lipinski definition) is 0. The highest BCUT2D eigenvalue weighted by Crippen LogP contribution is 2.27. The average molecular weight is 416 g/mol. The van der Waals surface area contributed by atoms with E-state index in [1.807, 2.05) is 30.3 Å². The lowest BCUT2D eigenvalue weighted by atomic mass is 10.1. The van der Waals surface area contributed by atoms with E-state index in [1.54, 1.807) is 38.3 Å². The van der Waals surface area contributed by atoms with Crippen LogP contribution >= 0.6 is 11.6 Å². The quantitative estimate of drug-likeness (QED) is 0.562. The van der Waals surface area contributed by atoms with Gasteiger partial charge in [0.1, 0.15) is 6.54 Å². The van der Waals surface area contributed by atoms with Gasteiger partial charge in [-0.15, -0.1) is 10.2 Å². The maximum atomic E-state index is 12.5. The van der Waals surface area contributed by atoms with Gasteiger partial charge in [0.25, 0.3) is 0 Å². The molecule has 9 heteroatoms. The zero-order valence-electron chi connectivity index (χ0n) is 16.5. The van der Waals surface area contributed by atoms with Crippen molar-refractivity contribution in [2.75, 3.05) is 27.8 Å². The molecule has 0 saturated carbocycles. The zero-order chi connectivity index (χ0) is 20.8. The Hall–Kier alpha value is -3.13. The molecule has 0 spiro atoms. The first-order valence-electron chi connectivity index (χ1n) is 8.98. The van der Waals surface area contributed by atoms with Gasteiger partial charge in [-0.2, -0.15) is 4.80 Å². The fourth-order valence-electron chi connectivity index (χ4n) is 2.75. The van der Waals surface area contributed by atoms with Crippen LogP contribution in [0.4, 0.5) is 0 Å². The Balaban J connectivity index is 1.57. The number of likely N-dealkylation sites (N-methyl/N-ethyl adjacent to an activating group) is 1. The monoisotopic (exact) mass is 415 g/mol. The Morgan fingerprint density at radius 3 is 2.66 bits per heavy atom. The van der Waals surface area contributed by atoms with Crippen molar-refractivity contribution in [2.24, 2.45) is 0 Å². The van der Waals surface area contributed by atoms with Crippen molar-refractivity contribution in [1.82, 2.24) is 25.1 Å². The molecule has 0 bridgehead atoms. The lowest BCUT2D eigenvalue weighted by molar-refractivity contribution is -0.130. The number of halogens is 1. The van der Waals surface area contributed by atoms with E-state index in [4.69, 9.17) is 21.1 Å². The van der Waals surface area contributed by atoms with Crippen molar-refractivity contribution in [3.05, 3.63) is 53.1 Å². The number of tetrazole rings is 1. The molecule has 0 radical (unpaired) electrons. The summed E-state index contributed by atoms with van der Waals surface area (Å²) in [5, 5.41) is 12.8. The fourth-order valence-corrected chi connectivity index (χ4v) is 2.94. The normalized spacial score (nSPS) is 10.6. The smallest absolute Gasteiger partial charge is 0.245 e. The van der Waals surface area contributed by atoms with Crippen LogP contribution in [0.2, 0.25) is 5.02 Å². The van der Waals surface area contributed by atoms with Gasteiger partial charge in [0.2, 0.25) is 11.7 Å². The molecule has 29 heavy (non-hydrogen) atoms. The molecule has 0 fully saturated rings. The summed E-state index contributed by atoms with van der Waals surface area (Å²) in [7, 11) is 4.94. The minimum atomic E-state index is -0.111. The van der Waals surface area contributed by atoms with Gasteiger partial charge in [-0.1, -0.05) is 29.8 Å². The number of nitrogens with zero attached hydrogens (tertiary/aromatic N) is 5. The van der Waals surface area contributed by atoms with Crippen LogP contribution in [0.3, 0.4) is 0 Å². The molecule has 0 unspecified atom stereocenters.